The molecule has 2 fully saturated rings. The van der Waals surface area contributed by atoms with Crippen molar-refractivity contribution in [2.45, 2.75) is 64.1 Å². The van der Waals surface area contributed by atoms with E-state index in [1.54, 1.807) is 6.92 Å². The first-order chi connectivity index (χ1) is 17.4. The van der Waals surface area contributed by atoms with E-state index in [9.17, 15) is 22.7 Å². The quantitative estimate of drug-likeness (QED) is 0.378. The van der Waals surface area contributed by atoms with E-state index < -0.39 is 65.5 Å². The number of hydrogen-bond donors (Lipinski definition) is 4. The molecule has 37 heavy (non-hydrogen) atoms. The number of fused-ring (bicyclic) bond motifs is 2. The number of halogens is 4. The molecule has 0 aliphatic carbocycles. The fourth-order valence-electron chi connectivity index (χ4n) is 5.09. The van der Waals surface area contributed by atoms with E-state index in [4.69, 9.17) is 4.52 Å². The van der Waals surface area contributed by atoms with E-state index in [1.165, 1.54) is 13.0 Å². The van der Waals surface area contributed by atoms with Gasteiger partial charge >= 0.3 is 6.03 Å². The number of carbonyl (C=O) groups excluding carboxylic acids is 1. The van der Waals surface area contributed by atoms with Crippen molar-refractivity contribution in [1.29, 1.82) is 0 Å². The van der Waals surface area contributed by atoms with Crippen LogP contribution in [0.5, 0.6) is 0 Å². The molecule has 2 saturated heterocycles. The molecule has 206 valence electrons. The zero-order valence-corrected chi connectivity index (χ0v) is 21.7. The summed E-state index contributed by atoms with van der Waals surface area (Å²) in [5, 5.41) is 6.95. The van der Waals surface area contributed by atoms with Gasteiger partial charge in [-0.3, -0.25) is 14.0 Å². The van der Waals surface area contributed by atoms with Gasteiger partial charge in [-0.2, -0.15) is 0 Å². The second-order valence-corrected chi connectivity index (χ2v) is 11.2. The minimum absolute atomic E-state index is 0.0791. The van der Waals surface area contributed by atoms with Crippen molar-refractivity contribution < 1.29 is 36.0 Å². The second-order valence-electron chi connectivity index (χ2n) is 9.08. The van der Waals surface area contributed by atoms with E-state index in [0.29, 0.717) is 0 Å². The van der Waals surface area contributed by atoms with Crippen LogP contribution in [0.1, 0.15) is 51.2 Å². The lowest BCUT2D eigenvalue weighted by Gasteiger charge is -2.36. The van der Waals surface area contributed by atoms with Crippen molar-refractivity contribution in [2.24, 2.45) is 0 Å². The van der Waals surface area contributed by atoms with Crippen LogP contribution < -0.4 is 14.9 Å². The number of aromatic nitrogens is 1. The first-order valence-electron chi connectivity index (χ1n) is 12.1. The zero-order chi connectivity index (χ0) is 27.3. The molecule has 0 spiro atoms. The third kappa shape index (κ3) is 4.64. The van der Waals surface area contributed by atoms with Gasteiger partial charge in [0.2, 0.25) is 5.88 Å². The van der Waals surface area contributed by atoms with Gasteiger partial charge in [0.25, 0.3) is 5.92 Å². The number of amides is 2. The summed E-state index contributed by atoms with van der Waals surface area (Å²) in [5.74, 6) is -6.00. The number of benzene rings is 1. The van der Waals surface area contributed by atoms with Gasteiger partial charge in [0.15, 0.2) is 5.82 Å². The third-order valence-electron chi connectivity index (χ3n) is 6.86. The van der Waals surface area contributed by atoms with Gasteiger partial charge in [0.05, 0.1) is 12.1 Å². The van der Waals surface area contributed by atoms with Crippen molar-refractivity contribution in [3.05, 3.63) is 41.0 Å². The minimum atomic E-state index is -3.48. The summed E-state index contributed by atoms with van der Waals surface area (Å²) in [5.41, 5.74) is 0.0119. The summed E-state index contributed by atoms with van der Waals surface area (Å²) in [6.45, 7) is 6.32. The molecule has 5 rings (SSSR count). The van der Waals surface area contributed by atoms with Crippen molar-refractivity contribution in [1.82, 2.24) is 14.8 Å². The molecule has 4 atom stereocenters. The molecule has 2 aromatic rings. The van der Waals surface area contributed by atoms with Gasteiger partial charge < -0.3 is 14.7 Å². The Bertz CT molecular complexity index is 1150. The fraction of sp³-hybridized carbons (Fsp3) is 0.565. The molecule has 1 aromatic heterocycles. The summed E-state index contributed by atoms with van der Waals surface area (Å²) in [7, 11) is -3.43. The Hall–Kier alpha value is -2.55. The summed E-state index contributed by atoms with van der Waals surface area (Å²) in [4.78, 5) is 15.2. The van der Waals surface area contributed by atoms with Crippen LogP contribution in [0.4, 0.5) is 34.1 Å². The SMILES string of the molecule is CC.CCS(O)(O)N[C@@H]1CN2C(=O)N(c3noc4c3C(c3c(F)cccc3F)CC(C)N4)C[C@@H]2C1(F)F. The number of alkyl halides is 2. The maximum Gasteiger partial charge on any atom is 0.326 e. The van der Waals surface area contributed by atoms with Crippen LogP contribution >= 0.6 is 10.8 Å². The largest absolute Gasteiger partial charge is 0.351 e. The van der Waals surface area contributed by atoms with Gasteiger partial charge in [-0.15, -0.1) is 10.8 Å². The van der Waals surface area contributed by atoms with Crippen LogP contribution in [0.2, 0.25) is 0 Å². The van der Waals surface area contributed by atoms with E-state index in [2.05, 4.69) is 15.2 Å². The van der Waals surface area contributed by atoms with Crippen molar-refractivity contribution in [3.8, 4) is 0 Å². The van der Waals surface area contributed by atoms with Crippen LogP contribution in [0.3, 0.4) is 0 Å². The standard InChI is InChI=1S/C21H25F4N5O4S.C2H6/c1-3-35(32,33)28-14-8-29-15(21(14,24)25)9-30(20(29)31)18-17-11(7-10(2)26-19(17)34-27-18)16-12(22)5-4-6-13(16)23;1-2/h4-6,10-11,14-15,26,28,32-33H,3,7-9H2,1-2H3;1-2H3/t10?,11?,14-,15-;/m1./s1. The molecule has 2 unspecified atom stereocenters. The van der Waals surface area contributed by atoms with E-state index >= 15 is 8.78 Å². The first-order valence-corrected chi connectivity index (χ1v) is 13.8. The topological polar surface area (TPSA) is 114 Å². The predicted molar refractivity (Wildman–Crippen MR) is 132 cm³/mol. The monoisotopic (exact) mass is 549 g/mol. The molecule has 3 aliphatic rings. The number of carbonyl (C=O) groups is 1. The first kappa shape index (κ1) is 27.5. The molecule has 0 saturated carbocycles. The average Bonchev–Trinajstić information content (AvgIpc) is 3.47. The van der Waals surface area contributed by atoms with Gasteiger partial charge in [-0.25, -0.2) is 27.1 Å². The Morgan fingerprint density at radius 3 is 2.46 bits per heavy atom. The van der Waals surface area contributed by atoms with Crippen molar-refractivity contribution in [2.75, 3.05) is 29.1 Å². The van der Waals surface area contributed by atoms with Crippen LogP contribution in [-0.4, -0.2) is 68.1 Å². The summed E-state index contributed by atoms with van der Waals surface area (Å²) in [6.07, 6.45) is 0.255. The fourth-order valence-corrected chi connectivity index (χ4v) is 5.94. The molecule has 0 radical (unpaired) electrons. The molecule has 3 aliphatic heterocycles. The molecule has 4 N–H and O–H groups in total. The van der Waals surface area contributed by atoms with Crippen LogP contribution in [-0.2, 0) is 0 Å². The van der Waals surface area contributed by atoms with Crippen LogP contribution in [0, 0.1) is 11.6 Å². The van der Waals surface area contributed by atoms with Gasteiger partial charge in [0, 0.05) is 29.8 Å². The van der Waals surface area contributed by atoms with Gasteiger partial charge in [0.1, 0.15) is 23.7 Å². The molecule has 14 heteroatoms. The Labute approximate surface area is 213 Å². The Kier molecular flexibility index (Phi) is 7.40. The molecule has 1 aromatic carbocycles. The third-order valence-corrected chi connectivity index (χ3v) is 8.33. The van der Waals surface area contributed by atoms with Crippen LogP contribution in [0.25, 0.3) is 0 Å². The predicted octanol–water partition coefficient (Wildman–Crippen LogP) is 5.22. The smallest absolute Gasteiger partial charge is 0.326 e. The number of rotatable bonds is 5. The molecule has 9 nitrogen and oxygen atoms in total. The lowest BCUT2D eigenvalue weighted by Crippen LogP contribution is -2.50. The number of nitrogens with zero attached hydrogens (tertiary/aromatic N) is 3. The van der Waals surface area contributed by atoms with E-state index in [1.807, 2.05) is 13.8 Å². The van der Waals surface area contributed by atoms with Crippen molar-refractivity contribution in [3.63, 3.8) is 0 Å². The van der Waals surface area contributed by atoms with Crippen molar-refractivity contribution >= 4 is 28.5 Å². The highest BCUT2D eigenvalue weighted by Crippen LogP contribution is 2.49. The van der Waals surface area contributed by atoms with Gasteiger partial charge in [-0.05, 0) is 32.4 Å². The molecule has 2 amide bonds. The summed E-state index contributed by atoms with van der Waals surface area (Å²) < 4.78 is 87.1. The number of nitrogens with one attached hydrogen (secondary N) is 2. The summed E-state index contributed by atoms with van der Waals surface area (Å²) in [6, 6.07) is -0.725. The number of urea groups is 1. The highest BCUT2D eigenvalue weighted by atomic mass is 32.3. The molecular formula is C23H31F4N5O4S. The highest BCUT2D eigenvalue weighted by Gasteiger charge is 2.63. The maximum absolute atomic E-state index is 15.2. The Balaban J connectivity index is 0.00000156. The average molecular weight is 550 g/mol. The van der Waals surface area contributed by atoms with Crippen LogP contribution in [0.15, 0.2) is 22.7 Å². The van der Waals surface area contributed by atoms with E-state index in [0.717, 1.165) is 21.9 Å². The highest BCUT2D eigenvalue weighted by molar-refractivity contribution is 8.22. The minimum Gasteiger partial charge on any atom is -0.351 e. The maximum atomic E-state index is 15.2. The zero-order valence-electron chi connectivity index (χ0n) is 20.8. The summed E-state index contributed by atoms with van der Waals surface area (Å²) >= 11 is 0. The molecule has 0 bridgehead atoms. The van der Waals surface area contributed by atoms with Gasteiger partial charge in [-0.1, -0.05) is 25.1 Å². The van der Waals surface area contributed by atoms with E-state index in [-0.39, 0.29) is 41.0 Å². The second kappa shape index (κ2) is 9.97. The molecule has 4 heterocycles. The Morgan fingerprint density at radius 2 is 1.86 bits per heavy atom. The lowest BCUT2D eigenvalue weighted by atomic mass is 9.83. The Morgan fingerprint density at radius 1 is 1.22 bits per heavy atom. The lowest BCUT2D eigenvalue weighted by molar-refractivity contribution is -0.0330. The number of anilines is 2. The number of hydrogen-bond acceptors (Lipinski definition) is 7. The normalized spacial score (nSPS) is 26.8. The molecular weight excluding hydrogens is 518 g/mol.